The lowest BCUT2D eigenvalue weighted by Crippen LogP contribution is -2.39. The van der Waals surface area contributed by atoms with Crippen molar-refractivity contribution in [1.29, 1.82) is 0 Å². The summed E-state index contributed by atoms with van der Waals surface area (Å²) in [5, 5.41) is 12.7. The van der Waals surface area contributed by atoms with Crippen LogP contribution in [0.1, 0.15) is 103 Å². The number of pyridine rings is 6. The van der Waals surface area contributed by atoms with Crippen molar-refractivity contribution in [2.24, 2.45) is 0 Å². The van der Waals surface area contributed by atoms with Gasteiger partial charge in [-0.2, -0.15) is 0 Å². The van der Waals surface area contributed by atoms with Gasteiger partial charge in [0.1, 0.15) is 0 Å². The molecule has 2 fully saturated rings. The van der Waals surface area contributed by atoms with Crippen molar-refractivity contribution in [1.82, 2.24) is 48.7 Å². The first-order valence-corrected chi connectivity index (χ1v) is 25.9. The Kier molecular flexibility index (Phi) is 17.8. The number of aromatic carboxylic acids is 1. The topological polar surface area (TPSA) is 204 Å². The van der Waals surface area contributed by atoms with Crippen molar-refractivity contribution in [2.75, 3.05) is 52.6 Å². The number of hydrogen-bond donors (Lipinski definition) is 5. The highest BCUT2D eigenvalue weighted by Crippen LogP contribution is 2.34. The third-order valence-corrected chi connectivity index (χ3v) is 14.6. The molecule has 0 aliphatic carbocycles. The van der Waals surface area contributed by atoms with Crippen molar-refractivity contribution < 1.29 is 24.2 Å². The van der Waals surface area contributed by atoms with E-state index in [0.29, 0.717) is 55.2 Å². The van der Waals surface area contributed by atoms with Crippen LogP contribution < -0.4 is 21.3 Å². The van der Waals surface area contributed by atoms with Crippen LogP contribution in [0.3, 0.4) is 0 Å². The molecule has 2 unspecified atom stereocenters. The molecule has 76 heavy (non-hydrogen) atoms. The maximum absolute atomic E-state index is 13.5. The Morgan fingerprint density at radius 2 is 1.08 bits per heavy atom. The molecule has 0 saturated carbocycles. The zero-order chi connectivity index (χ0) is 54.2. The Balaban J connectivity index is 0.000000171. The number of carboxylic acids is 1. The van der Waals surface area contributed by atoms with Gasteiger partial charge in [0.05, 0.1) is 32.0 Å². The van der Waals surface area contributed by atoms with Crippen molar-refractivity contribution in [3.05, 3.63) is 186 Å². The summed E-state index contributed by atoms with van der Waals surface area (Å²) in [5.41, 5.74) is 15.2. The fourth-order valence-electron chi connectivity index (χ4n) is 10.4. The molecule has 8 aromatic heterocycles. The Labute approximate surface area is 447 Å². The third kappa shape index (κ3) is 12.4. The average molecular weight is 1050 g/mol. The number of nitrogens with one attached hydrogen (secondary N) is 4. The molecule has 2 aliphatic heterocycles. The molecule has 2 aliphatic rings. The first-order valence-electron chi connectivity index (χ1n) is 25.5. The van der Waals surface area contributed by atoms with E-state index in [1.54, 1.807) is 18.5 Å². The summed E-state index contributed by atoms with van der Waals surface area (Å²) in [6, 6.07) is 19.7. The Morgan fingerprint density at radius 3 is 1.49 bits per heavy atom. The van der Waals surface area contributed by atoms with Crippen LogP contribution in [0.4, 0.5) is 0 Å². The number of nitrogens with zero attached hydrogens (tertiary/aromatic N) is 6. The van der Waals surface area contributed by atoms with Gasteiger partial charge in [0.25, 0.3) is 17.0 Å². The first kappa shape index (κ1) is 55.0. The molecule has 10 heterocycles. The number of aromatic nitrogens is 6. The van der Waals surface area contributed by atoms with Gasteiger partial charge < -0.3 is 38.7 Å². The van der Waals surface area contributed by atoms with Crippen LogP contribution in [0, 0.1) is 41.5 Å². The molecule has 2 atom stereocenters. The monoisotopic (exact) mass is 1050 g/mol. The number of aromatic amines is 2. The lowest BCUT2D eigenvalue weighted by Gasteiger charge is -2.34. The maximum atomic E-state index is 13.5. The predicted molar refractivity (Wildman–Crippen MR) is 296 cm³/mol. The van der Waals surface area contributed by atoms with Crippen molar-refractivity contribution in [3.8, 4) is 22.3 Å². The smallest absolute Gasteiger partial charge is 0.336 e. The summed E-state index contributed by atoms with van der Waals surface area (Å²) in [6.07, 6.45) is 11.4. The minimum atomic E-state index is -0.894. The van der Waals surface area contributed by atoms with Gasteiger partial charge in [-0.15, -0.1) is 0 Å². The number of carboxylic acid groups (broad SMARTS) is 1. The summed E-state index contributed by atoms with van der Waals surface area (Å²) in [5.74, 6) is -1.09. The van der Waals surface area contributed by atoms with Crippen molar-refractivity contribution >= 4 is 34.7 Å². The van der Waals surface area contributed by atoms with Crippen LogP contribution >= 0.6 is 11.8 Å². The molecule has 17 nitrogen and oxygen atoms in total. The third-order valence-electron chi connectivity index (χ3n) is 14.5. The number of rotatable bonds is 12. The Morgan fingerprint density at radius 1 is 0.645 bits per heavy atom. The van der Waals surface area contributed by atoms with E-state index in [-0.39, 0.29) is 35.7 Å². The summed E-state index contributed by atoms with van der Waals surface area (Å²) in [7, 11) is 0. The number of fused-ring (bicyclic) bond motifs is 2. The number of carbonyl (C=O) groups excluding carboxylic acids is 1. The minimum absolute atomic E-state index is 0.0688. The van der Waals surface area contributed by atoms with E-state index in [1.165, 1.54) is 0 Å². The first-order chi connectivity index (χ1) is 36.5. The largest absolute Gasteiger partial charge is 0.478 e. The number of halogens is 1. The molecule has 0 aromatic carbocycles. The molecule has 1 amide bonds. The number of carbonyl (C=O) groups is 2. The number of aryl methyl sites for hydroxylation is 4. The summed E-state index contributed by atoms with van der Waals surface area (Å²) < 4.78 is 15.4. The minimum Gasteiger partial charge on any atom is -0.478 e. The van der Waals surface area contributed by atoms with Crippen LogP contribution in [-0.4, -0.2) is 108 Å². The lowest BCUT2D eigenvalue weighted by atomic mass is 10.0. The molecule has 5 N–H and O–H groups in total. The lowest BCUT2D eigenvalue weighted by molar-refractivity contribution is 0.0186. The highest BCUT2D eigenvalue weighted by molar-refractivity contribution is 6.13. The zero-order valence-corrected chi connectivity index (χ0v) is 45.2. The zero-order valence-electron chi connectivity index (χ0n) is 44.4. The number of H-pyrrole nitrogens is 2. The fourth-order valence-corrected chi connectivity index (χ4v) is 10.6. The summed E-state index contributed by atoms with van der Waals surface area (Å²) in [6.45, 7) is 22.5. The molecule has 8 aromatic rings. The molecule has 2 saturated heterocycles. The molecular formula is C58H67ClN10O7. The maximum Gasteiger partial charge on any atom is 0.336 e. The number of hydrogen-bond acceptors (Lipinski definition) is 11. The fraction of sp³-hybridized carbons (Fsp3) is 0.345. The van der Waals surface area contributed by atoms with Gasteiger partial charge in [-0.25, -0.2) is 9.63 Å². The van der Waals surface area contributed by atoms with Crippen LogP contribution in [0.5, 0.6) is 0 Å². The quantitative estimate of drug-likeness (QED) is 0.0731. The van der Waals surface area contributed by atoms with E-state index >= 15 is 0 Å². The summed E-state index contributed by atoms with van der Waals surface area (Å²) in [4.78, 5) is 70.3. The van der Waals surface area contributed by atoms with Crippen LogP contribution in [-0.2, 0) is 22.6 Å². The van der Waals surface area contributed by atoms with E-state index < -0.39 is 5.97 Å². The van der Waals surface area contributed by atoms with Gasteiger partial charge >= 0.3 is 5.97 Å². The second-order valence-electron chi connectivity index (χ2n) is 19.5. The van der Waals surface area contributed by atoms with Gasteiger partial charge in [0.2, 0.25) is 0 Å². The number of morpholine rings is 2. The number of ether oxygens (including phenoxy) is 2. The van der Waals surface area contributed by atoms with E-state index in [2.05, 4.69) is 81.0 Å². The molecule has 18 heteroatoms. The van der Waals surface area contributed by atoms with E-state index in [9.17, 15) is 24.3 Å². The van der Waals surface area contributed by atoms with E-state index in [4.69, 9.17) is 21.3 Å². The van der Waals surface area contributed by atoms with E-state index in [1.807, 2.05) is 102 Å². The van der Waals surface area contributed by atoms with Crippen molar-refractivity contribution in [2.45, 2.75) is 80.6 Å². The van der Waals surface area contributed by atoms with Gasteiger partial charge in [-0.05, 0) is 138 Å². The number of amides is 1. The predicted octanol–water partition coefficient (Wildman–Crippen LogP) is 8.57. The summed E-state index contributed by atoms with van der Waals surface area (Å²) >= 11 is 5.32. The molecular weight excluding hydrogens is 984 g/mol. The normalized spacial score (nSPS) is 14.9. The second-order valence-corrected chi connectivity index (χ2v) is 19.8. The second kappa shape index (κ2) is 24.6. The molecule has 0 bridgehead atoms. The van der Waals surface area contributed by atoms with Crippen molar-refractivity contribution in [3.63, 3.8) is 0 Å². The van der Waals surface area contributed by atoms with Gasteiger partial charge in [-0.1, -0.05) is 12.1 Å². The highest BCUT2D eigenvalue weighted by atomic mass is 35.5. The van der Waals surface area contributed by atoms with Crippen LogP contribution in [0.25, 0.3) is 33.3 Å². The van der Waals surface area contributed by atoms with Gasteiger partial charge in [-0.3, -0.25) is 34.2 Å². The standard InChI is InChI=1S/C29H33N5O3.C21H23N3O3.C8H11ClN2O/c1-18-12-19(2)32-29(36)26(18)16-31-28(35)25-14-24-13-23(22-6-5-7-30-15-22)17-34(24)27(20(25)3)21(4)33-8-10-37-11-9-33;1-14-19(21(25)26)11-18-10-17(16-4-3-5-22-12-16)13-24(18)20(14)15(2)23-6-8-27-9-7-23;1-5-3-6(2)11-8(12)7(5)4-10-9/h5-7,12-15,17,21H,8-11,16H2,1-4H3,(H,31,35)(H,32,36);3-5,10-13,15H,6-9H2,1-2H3,(H,25,26);3,10H,4H2,1-2H3,(H,11,12). The van der Waals surface area contributed by atoms with Gasteiger partial charge in [0, 0.05) is 161 Å². The Hall–Kier alpha value is -7.25. The molecule has 398 valence electrons. The van der Waals surface area contributed by atoms with E-state index in [0.717, 1.165) is 104 Å². The molecule has 0 spiro atoms. The Bertz CT molecular complexity index is 3470. The SMILES string of the molecule is Cc1c(C(=O)O)cc2cc(-c3cccnc3)cn2c1C(C)N1CCOCC1.Cc1cc(C)c(CNC(=O)c2cc3cc(-c4cccnc4)cn3c(C(C)N3CCOCC3)c2C)c(=O)[nH]1.Cc1cc(C)c(CNCl)c(=O)[nH]1. The molecule has 10 rings (SSSR count). The van der Waals surface area contributed by atoms with Crippen LogP contribution in [0.15, 0.2) is 107 Å². The van der Waals surface area contributed by atoms with Crippen LogP contribution in [0.2, 0.25) is 0 Å². The highest BCUT2D eigenvalue weighted by Gasteiger charge is 2.28. The average Bonchev–Trinajstić information content (AvgIpc) is 4.09. The molecule has 0 radical (unpaired) electrons. The van der Waals surface area contributed by atoms with Gasteiger partial charge in [0.15, 0.2) is 0 Å².